The molecule has 0 aliphatic heterocycles. The summed E-state index contributed by atoms with van der Waals surface area (Å²) in [5.74, 6) is 2.71. The smallest absolute Gasteiger partial charge is 0.307 e. The maximum Gasteiger partial charge on any atom is 0.307 e. The Kier molecular flexibility index (Phi) is 6.89. The van der Waals surface area contributed by atoms with Gasteiger partial charge in [-0.05, 0) is 47.1 Å². The van der Waals surface area contributed by atoms with E-state index in [4.69, 9.17) is 20.3 Å². The summed E-state index contributed by atoms with van der Waals surface area (Å²) in [4.78, 5) is 22.7. The zero-order valence-electron chi connectivity index (χ0n) is 16.3. The van der Waals surface area contributed by atoms with Crippen molar-refractivity contribution in [3.8, 4) is 23.8 Å². The summed E-state index contributed by atoms with van der Waals surface area (Å²) < 4.78 is 17.1. The quantitative estimate of drug-likeness (QED) is 0.220. The molecule has 3 rings (SSSR count). The number of terminal acetylenes is 1. The van der Waals surface area contributed by atoms with Crippen molar-refractivity contribution in [1.82, 2.24) is 5.43 Å². The van der Waals surface area contributed by atoms with Crippen molar-refractivity contribution >= 4 is 44.7 Å². The Morgan fingerprint density at radius 2 is 2.10 bits per heavy atom. The monoisotopic (exact) mass is 485 g/mol. The summed E-state index contributed by atoms with van der Waals surface area (Å²) in [6, 6.07) is 8.86. The lowest BCUT2D eigenvalue weighted by Crippen LogP contribution is -2.16. The molecular formula is C21H16BrN3O6. The molecule has 10 heteroatoms. The number of carbonyl (C=O) groups is 1. The Balaban J connectivity index is 1.75. The minimum absolute atomic E-state index is 0.0280. The number of furan rings is 1. The van der Waals surface area contributed by atoms with Crippen LogP contribution in [-0.2, 0) is 0 Å². The van der Waals surface area contributed by atoms with Gasteiger partial charge in [-0.3, -0.25) is 14.9 Å². The van der Waals surface area contributed by atoms with E-state index in [0.29, 0.717) is 39.1 Å². The van der Waals surface area contributed by atoms with Gasteiger partial charge < -0.3 is 13.9 Å². The second-order valence-corrected chi connectivity index (χ2v) is 6.89. The highest BCUT2D eigenvalue weighted by Gasteiger charge is 2.15. The van der Waals surface area contributed by atoms with E-state index in [1.165, 1.54) is 30.5 Å². The van der Waals surface area contributed by atoms with Crippen LogP contribution in [0.5, 0.6) is 11.5 Å². The van der Waals surface area contributed by atoms with Crippen molar-refractivity contribution in [3.63, 3.8) is 0 Å². The lowest BCUT2D eigenvalue weighted by atomic mass is 10.2. The number of nitro benzene ring substituents is 1. The lowest BCUT2D eigenvalue weighted by molar-refractivity contribution is -0.384. The Hall–Kier alpha value is -3.84. The Morgan fingerprint density at radius 3 is 2.81 bits per heavy atom. The molecule has 1 heterocycles. The van der Waals surface area contributed by atoms with Crippen molar-refractivity contribution in [1.29, 1.82) is 0 Å². The third-order valence-corrected chi connectivity index (χ3v) is 4.66. The van der Waals surface area contributed by atoms with Crippen molar-refractivity contribution in [2.75, 3.05) is 13.2 Å². The molecule has 1 N–H and O–H groups in total. The third-order valence-electron chi connectivity index (χ3n) is 3.98. The first-order valence-corrected chi connectivity index (χ1v) is 9.76. The van der Waals surface area contributed by atoms with E-state index in [0.717, 1.165) is 0 Å². The molecule has 0 aliphatic carbocycles. The van der Waals surface area contributed by atoms with Crippen molar-refractivity contribution in [2.24, 2.45) is 5.10 Å². The highest BCUT2D eigenvalue weighted by atomic mass is 79.9. The standard InChI is InChI=1S/C21H16BrN3O6/c1-3-7-30-19-11-16(22)14(10-18(19)29-4-2)12-23-24-21(26)20-9-13-8-15(25(27)28)5-6-17(13)31-20/h1,5-6,8-12H,4,7H2,2H3,(H,24,26)/b23-12+. The first kappa shape index (κ1) is 21.9. The number of amides is 1. The maximum absolute atomic E-state index is 12.3. The fourth-order valence-corrected chi connectivity index (χ4v) is 3.05. The summed E-state index contributed by atoms with van der Waals surface area (Å²) >= 11 is 3.41. The van der Waals surface area contributed by atoms with Crippen LogP contribution in [0.15, 0.2) is 50.4 Å². The molecule has 31 heavy (non-hydrogen) atoms. The van der Waals surface area contributed by atoms with E-state index < -0.39 is 10.8 Å². The number of rotatable bonds is 8. The Bertz CT molecular complexity index is 1210. The number of hydrogen-bond donors (Lipinski definition) is 1. The summed E-state index contributed by atoms with van der Waals surface area (Å²) in [5.41, 5.74) is 3.24. The van der Waals surface area contributed by atoms with E-state index >= 15 is 0 Å². The highest BCUT2D eigenvalue weighted by Crippen LogP contribution is 2.33. The Morgan fingerprint density at radius 1 is 1.32 bits per heavy atom. The predicted molar refractivity (Wildman–Crippen MR) is 118 cm³/mol. The number of benzene rings is 2. The van der Waals surface area contributed by atoms with Crippen LogP contribution in [0.1, 0.15) is 23.0 Å². The summed E-state index contributed by atoms with van der Waals surface area (Å²) in [6.07, 6.45) is 6.65. The summed E-state index contributed by atoms with van der Waals surface area (Å²) in [6.45, 7) is 2.35. The predicted octanol–water partition coefficient (Wildman–Crippen LogP) is 4.28. The minimum atomic E-state index is -0.606. The number of hydrogen-bond acceptors (Lipinski definition) is 7. The van der Waals surface area contributed by atoms with Crippen LogP contribution in [0, 0.1) is 22.5 Å². The van der Waals surface area contributed by atoms with Crippen molar-refractivity contribution in [3.05, 3.63) is 62.3 Å². The molecule has 0 aliphatic rings. The van der Waals surface area contributed by atoms with Crippen LogP contribution < -0.4 is 14.9 Å². The van der Waals surface area contributed by atoms with Crippen LogP contribution in [0.3, 0.4) is 0 Å². The molecule has 0 spiro atoms. The van der Waals surface area contributed by atoms with Gasteiger partial charge in [0.2, 0.25) is 0 Å². The highest BCUT2D eigenvalue weighted by molar-refractivity contribution is 9.10. The van der Waals surface area contributed by atoms with Crippen LogP contribution in [-0.4, -0.2) is 30.3 Å². The van der Waals surface area contributed by atoms with E-state index in [9.17, 15) is 14.9 Å². The average Bonchev–Trinajstić information content (AvgIpc) is 3.18. The van der Waals surface area contributed by atoms with Gasteiger partial charge in [-0.15, -0.1) is 6.42 Å². The number of nitrogens with zero attached hydrogens (tertiary/aromatic N) is 2. The summed E-state index contributed by atoms with van der Waals surface area (Å²) in [7, 11) is 0. The van der Waals surface area contributed by atoms with Gasteiger partial charge in [0.1, 0.15) is 12.2 Å². The molecule has 0 bridgehead atoms. The molecule has 2 aromatic carbocycles. The van der Waals surface area contributed by atoms with Gasteiger partial charge in [-0.2, -0.15) is 5.10 Å². The SMILES string of the molecule is C#CCOc1cc(Br)c(/C=N/NC(=O)c2cc3cc([N+](=O)[O-])ccc3o2)cc1OCC. The molecule has 158 valence electrons. The lowest BCUT2D eigenvalue weighted by Gasteiger charge is -2.12. The Labute approximate surface area is 185 Å². The van der Waals surface area contributed by atoms with E-state index in [2.05, 4.69) is 32.4 Å². The first-order valence-electron chi connectivity index (χ1n) is 8.97. The van der Waals surface area contributed by atoms with Gasteiger partial charge in [0, 0.05) is 27.6 Å². The third kappa shape index (κ3) is 5.21. The number of nitrogens with one attached hydrogen (secondary N) is 1. The topological polar surface area (TPSA) is 116 Å². The second kappa shape index (κ2) is 9.77. The van der Waals surface area contributed by atoms with E-state index in [1.807, 2.05) is 6.92 Å². The van der Waals surface area contributed by atoms with Crippen molar-refractivity contribution < 1.29 is 23.6 Å². The van der Waals surface area contributed by atoms with Crippen LogP contribution >= 0.6 is 15.9 Å². The molecule has 0 atom stereocenters. The first-order chi connectivity index (χ1) is 14.9. The molecule has 1 amide bonds. The molecule has 0 saturated heterocycles. The number of ether oxygens (including phenoxy) is 2. The molecule has 3 aromatic rings. The number of non-ortho nitro benzene ring substituents is 1. The number of nitro groups is 1. The van der Waals surface area contributed by atoms with Gasteiger partial charge in [-0.1, -0.05) is 5.92 Å². The zero-order chi connectivity index (χ0) is 22.4. The van der Waals surface area contributed by atoms with Crippen LogP contribution in [0.2, 0.25) is 0 Å². The molecule has 0 fully saturated rings. The second-order valence-electron chi connectivity index (χ2n) is 6.04. The van der Waals surface area contributed by atoms with Gasteiger partial charge >= 0.3 is 5.91 Å². The van der Waals surface area contributed by atoms with Gasteiger partial charge in [-0.25, -0.2) is 5.43 Å². The minimum Gasteiger partial charge on any atom is -0.490 e. The average molecular weight is 486 g/mol. The molecule has 0 unspecified atom stereocenters. The van der Waals surface area contributed by atoms with Gasteiger partial charge in [0.25, 0.3) is 5.69 Å². The number of carbonyl (C=O) groups excluding carboxylic acids is 1. The summed E-state index contributed by atoms with van der Waals surface area (Å²) in [5, 5.41) is 15.3. The molecule has 9 nitrogen and oxygen atoms in total. The van der Waals surface area contributed by atoms with Crippen molar-refractivity contribution in [2.45, 2.75) is 6.92 Å². The number of halogens is 1. The van der Waals surface area contributed by atoms with Gasteiger partial charge in [0.05, 0.1) is 17.7 Å². The number of hydrazone groups is 1. The normalized spacial score (nSPS) is 10.7. The van der Waals surface area contributed by atoms with Crippen LogP contribution in [0.25, 0.3) is 11.0 Å². The fourth-order valence-electron chi connectivity index (χ4n) is 2.62. The van der Waals surface area contributed by atoms with Crippen LogP contribution in [0.4, 0.5) is 5.69 Å². The van der Waals surface area contributed by atoms with E-state index in [-0.39, 0.29) is 18.1 Å². The largest absolute Gasteiger partial charge is 0.490 e. The molecule has 0 saturated carbocycles. The molecule has 1 aromatic heterocycles. The number of fused-ring (bicyclic) bond motifs is 1. The molecule has 0 radical (unpaired) electrons. The maximum atomic E-state index is 12.3. The van der Waals surface area contributed by atoms with Gasteiger partial charge in [0.15, 0.2) is 17.3 Å². The molecular weight excluding hydrogens is 470 g/mol. The zero-order valence-corrected chi connectivity index (χ0v) is 17.8. The fraction of sp³-hybridized carbons (Fsp3) is 0.143. The van der Waals surface area contributed by atoms with E-state index in [1.54, 1.807) is 12.1 Å².